The van der Waals surface area contributed by atoms with Gasteiger partial charge < -0.3 is 4.57 Å². The van der Waals surface area contributed by atoms with Crippen LogP contribution in [0, 0.1) is 13.8 Å². The Balaban J connectivity index is 1.77. The molecule has 1 aromatic carbocycles. The highest BCUT2D eigenvalue weighted by molar-refractivity contribution is 5.76. The van der Waals surface area contributed by atoms with Crippen LogP contribution in [-0.4, -0.2) is 9.55 Å². The zero-order valence-corrected chi connectivity index (χ0v) is 14.0. The molecule has 0 aliphatic rings. The minimum absolute atomic E-state index is 1.11. The van der Waals surface area contributed by atoms with E-state index in [1.54, 1.807) is 0 Å². The molecule has 1 aromatic heterocycles. The van der Waals surface area contributed by atoms with Crippen LogP contribution >= 0.6 is 0 Å². The van der Waals surface area contributed by atoms with E-state index in [9.17, 15) is 0 Å². The molecule has 0 saturated carbocycles. The van der Waals surface area contributed by atoms with Crippen molar-refractivity contribution in [2.45, 2.75) is 78.7 Å². The maximum atomic E-state index is 4.69. The van der Waals surface area contributed by atoms with Crippen molar-refractivity contribution >= 4 is 11.0 Å². The number of rotatable bonds is 9. The molecule has 0 spiro atoms. The summed E-state index contributed by atoms with van der Waals surface area (Å²) in [6.45, 7) is 7.64. The van der Waals surface area contributed by atoms with Gasteiger partial charge in [-0.25, -0.2) is 4.98 Å². The third-order valence-corrected chi connectivity index (χ3v) is 4.33. The Labute approximate surface area is 129 Å². The number of hydrogen-bond donors (Lipinski definition) is 0. The second-order valence-corrected chi connectivity index (χ2v) is 6.28. The van der Waals surface area contributed by atoms with Crippen LogP contribution in [0.5, 0.6) is 0 Å². The molecule has 0 saturated heterocycles. The SMILES string of the molecule is CCCCCCCCCCn1c(C)nc2cc(C)ccc21. The van der Waals surface area contributed by atoms with Crippen LogP contribution in [0.1, 0.15) is 69.7 Å². The Hall–Kier alpha value is -1.31. The van der Waals surface area contributed by atoms with Crippen molar-refractivity contribution in [2.75, 3.05) is 0 Å². The number of aryl methyl sites for hydroxylation is 3. The Morgan fingerprint density at radius 3 is 2.29 bits per heavy atom. The fraction of sp³-hybridized carbons (Fsp3) is 0.632. The van der Waals surface area contributed by atoms with Gasteiger partial charge in [0, 0.05) is 6.54 Å². The van der Waals surface area contributed by atoms with Crippen molar-refractivity contribution in [3.8, 4) is 0 Å². The van der Waals surface area contributed by atoms with Gasteiger partial charge in [0.25, 0.3) is 0 Å². The third-order valence-electron chi connectivity index (χ3n) is 4.33. The predicted molar refractivity (Wildman–Crippen MR) is 91.8 cm³/mol. The van der Waals surface area contributed by atoms with Gasteiger partial charge in [-0.15, -0.1) is 0 Å². The average molecular weight is 286 g/mol. The zero-order chi connectivity index (χ0) is 15.1. The molecule has 0 unspecified atom stereocenters. The summed E-state index contributed by atoms with van der Waals surface area (Å²) in [5.41, 5.74) is 3.73. The normalized spacial score (nSPS) is 11.4. The summed E-state index contributed by atoms with van der Waals surface area (Å²) < 4.78 is 2.38. The van der Waals surface area contributed by atoms with E-state index in [-0.39, 0.29) is 0 Å². The first-order valence-electron chi connectivity index (χ1n) is 8.66. The molecular formula is C19H30N2. The predicted octanol–water partition coefficient (Wildman–Crippen LogP) is 5.79. The molecule has 116 valence electrons. The van der Waals surface area contributed by atoms with Crippen molar-refractivity contribution in [2.24, 2.45) is 0 Å². The number of imidazole rings is 1. The molecule has 0 aliphatic carbocycles. The molecule has 2 rings (SSSR count). The topological polar surface area (TPSA) is 17.8 Å². The van der Waals surface area contributed by atoms with Gasteiger partial charge in [-0.2, -0.15) is 0 Å². The molecule has 21 heavy (non-hydrogen) atoms. The minimum Gasteiger partial charge on any atom is -0.328 e. The van der Waals surface area contributed by atoms with Gasteiger partial charge in [-0.05, 0) is 38.0 Å². The smallest absolute Gasteiger partial charge is 0.106 e. The minimum atomic E-state index is 1.11. The molecule has 2 heteroatoms. The van der Waals surface area contributed by atoms with E-state index in [4.69, 9.17) is 0 Å². The number of hydrogen-bond acceptors (Lipinski definition) is 1. The zero-order valence-electron chi connectivity index (χ0n) is 14.0. The highest BCUT2D eigenvalue weighted by Gasteiger charge is 2.06. The molecule has 0 radical (unpaired) electrons. The molecule has 2 nitrogen and oxygen atoms in total. The lowest BCUT2D eigenvalue weighted by Crippen LogP contribution is -2.00. The number of nitrogens with zero attached hydrogens (tertiary/aromatic N) is 2. The van der Waals surface area contributed by atoms with Crippen LogP contribution < -0.4 is 0 Å². The Kier molecular flexibility index (Phi) is 6.28. The highest BCUT2D eigenvalue weighted by Crippen LogP contribution is 2.18. The van der Waals surface area contributed by atoms with Crippen molar-refractivity contribution in [1.82, 2.24) is 9.55 Å². The maximum Gasteiger partial charge on any atom is 0.106 e. The Morgan fingerprint density at radius 2 is 1.57 bits per heavy atom. The molecular weight excluding hydrogens is 256 g/mol. The fourth-order valence-electron chi connectivity index (χ4n) is 3.05. The van der Waals surface area contributed by atoms with Crippen molar-refractivity contribution in [1.29, 1.82) is 0 Å². The summed E-state index contributed by atoms with van der Waals surface area (Å²) in [5, 5.41) is 0. The van der Waals surface area contributed by atoms with E-state index in [0.29, 0.717) is 0 Å². The first kappa shape index (κ1) is 16.1. The second-order valence-electron chi connectivity index (χ2n) is 6.28. The van der Waals surface area contributed by atoms with Crippen LogP contribution in [0.2, 0.25) is 0 Å². The van der Waals surface area contributed by atoms with E-state index in [0.717, 1.165) is 17.9 Å². The summed E-state index contributed by atoms with van der Waals surface area (Å²) in [6.07, 6.45) is 11.0. The number of aromatic nitrogens is 2. The van der Waals surface area contributed by atoms with Gasteiger partial charge >= 0.3 is 0 Å². The van der Waals surface area contributed by atoms with E-state index < -0.39 is 0 Å². The molecule has 0 aliphatic heterocycles. The Morgan fingerprint density at radius 1 is 0.905 bits per heavy atom. The fourth-order valence-corrected chi connectivity index (χ4v) is 3.05. The quantitative estimate of drug-likeness (QED) is 0.533. The second kappa shape index (κ2) is 8.21. The maximum absolute atomic E-state index is 4.69. The third kappa shape index (κ3) is 4.59. The standard InChI is InChI=1S/C19H30N2/c1-4-5-6-7-8-9-10-11-14-21-17(3)20-18-15-16(2)12-13-19(18)21/h12-13,15H,4-11,14H2,1-3H3. The summed E-state index contributed by atoms with van der Waals surface area (Å²) in [5.74, 6) is 1.15. The van der Waals surface area contributed by atoms with Gasteiger partial charge in [0.15, 0.2) is 0 Å². The molecule has 0 N–H and O–H groups in total. The first-order valence-corrected chi connectivity index (χ1v) is 8.66. The van der Waals surface area contributed by atoms with Gasteiger partial charge in [-0.3, -0.25) is 0 Å². The molecule has 0 fully saturated rings. The largest absolute Gasteiger partial charge is 0.328 e. The Bertz CT molecular complexity index is 554. The summed E-state index contributed by atoms with van der Waals surface area (Å²) in [4.78, 5) is 4.69. The van der Waals surface area contributed by atoms with Crippen molar-refractivity contribution in [3.05, 3.63) is 29.6 Å². The van der Waals surface area contributed by atoms with Crippen molar-refractivity contribution in [3.63, 3.8) is 0 Å². The number of unbranched alkanes of at least 4 members (excludes halogenated alkanes) is 7. The van der Waals surface area contributed by atoms with Crippen LogP contribution in [-0.2, 0) is 6.54 Å². The molecule has 0 amide bonds. The van der Waals surface area contributed by atoms with E-state index in [1.807, 2.05) is 0 Å². The molecule has 0 bridgehead atoms. The van der Waals surface area contributed by atoms with Crippen LogP contribution in [0.25, 0.3) is 11.0 Å². The van der Waals surface area contributed by atoms with Gasteiger partial charge in [0.2, 0.25) is 0 Å². The number of fused-ring (bicyclic) bond motifs is 1. The monoisotopic (exact) mass is 286 g/mol. The van der Waals surface area contributed by atoms with Gasteiger partial charge in [0.1, 0.15) is 5.82 Å². The molecule has 2 aromatic rings. The van der Waals surface area contributed by atoms with E-state index in [2.05, 4.69) is 48.5 Å². The average Bonchev–Trinajstić information content (AvgIpc) is 2.76. The summed E-state index contributed by atoms with van der Waals surface area (Å²) in [7, 11) is 0. The lowest BCUT2D eigenvalue weighted by atomic mass is 10.1. The number of benzene rings is 1. The van der Waals surface area contributed by atoms with Crippen LogP contribution in [0.3, 0.4) is 0 Å². The van der Waals surface area contributed by atoms with Gasteiger partial charge in [-0.1, -0.05) is 57.9 Å². The van der Waals surface area contributed by atoms with E-state index in [1.165, 1.54) is 62.4 Å². The van der Waals surface area contributed by atoms with Crippen LogP contribution in [0.4, 0.5) is 0 Å². The first-order chi connectivity index (χ1) is 10.2. The highest BCUT2D eigenvalue weighted by atomic mass is 15.1. The molecule has 1 heterocycles. The van der Waals surface area contributed by atoms with Crippen LogP contribution in [0.15, 0.2) is 18.2 Å². The van der Waals surface area contributed by atoms with E-state index >= 15 is 0 Å². The lowest BCUT2D eigenvalue weighted by Gasteiger charge is -2.07. The van der Waals surface area contributed by atoms with Crippen molar-refractivity contribution < 1.29 is 0 Å². The van der Waals surface area contributed by atoms with Gasteiger partial charge in [0.05, 0.1) is 11.0 Å². The summed E-state index contributed by atoms with van der Waals surface area (Å²) >= 11 is 0. The summed E-state index contributed by atoms with van der Waals surface area (Å²) in [6, 6.07) is 6.59. The molecule has 0 atom stereocenters. The lowest BCUT2D eigenvalue weighted by molar-refractivity contribution is 0.544.